The Labute approximate surface area is 122 Å². The fourth-order valence-electron chi connectivity index (χ4n) is 2.96. The first-order valence-electron chi connectivity index (χ1n) is 7.47. The normalized spacial score (nSPS) is 22.8. The molecule has 0 bridgehead atoms. The van der Waals surface area contributed by atoms with Crippen LogP contribution >= 0.6 is 0 Å². The standard InChI is InChI=1S/C16H25NO2S/c1-3-17-11-16(15-8-9-20(18,19)12-15)10-14-6-4-13(2)5-7-14/h4-7,15-17H,3,8-12H2,1-2H3. The van der Waals surface area contributed by atoms with Crippen LogP contribution in [0.2, 0.25) is 0 Å². The number of aryl methyl sites for hydroxylation is 1. The van der Waals surface area contributed by atoms with Gasteiger partial charge in [-0.2, -0.15) is 0 Å². The minimum atomic E-state index is -2.79. The highest BCUT2D eigenvalue weighted by molar-refractivity contribution is 7.91. The highest BCUT2D eigenvalue weighted by Gasteiger charge is 2.33. The number of hydrogen-bond donors (Lipinski definition) is 1. The molecule has 2 atom stereocenters. The molecule has 0 radical (unpaired) electrons. The predicted molar refractivity (Wildman–Crippen MR) is 83.7 cm³/mol. The summed E-state index contributed by atoms with van der Waals surface area (Å²) in [6, 6.07) is 8.59. The van der Waals surface area contributed by atoms with Gasteiger partial charge in [-0.15, -0.1) is 0 Å². The second-order valence-corrected chi connectivity index (χ2v) is 8.15. The van der Waals surface area contributed by atoms with Crippen LogP contribution in [0.15, 0.2) is 24.3 Å². The van der Waals surface area contributed by atoms with Gasteiger partial charge in [-0.1, -0.05) is 36.8 Å². The van der Waals surface area contributed by atoms with Crippen molar-refractivity contribution < 1.29 is 8.42 Å². The minimum absolute atomic E-state index is 0.306. The maximum Gasteiger partial charge on any atom is 0.150 e. The topological polar surface area (TPSA) is 46.2 Å². The minimum Gasteiger partial charge on any atom is -0.317 e. The summed E-state index contributed by atoms with van der Waals surface area (Å²) in [4.78, 5) is 0. The molecular formula is C16H25NO2S. The van der Waals surface area contributed by atoms with Crippen molar-refractivity contribution in [2.75, 3.05) is 24.6 Å². The van der Waals surface area contributed by atoms with E-state index < -0.39 is 9.84 Å². The molecule has 0 aliphatic carbocycles. The molecule has 1 aromatic carbocycles. The molecule has 1 aromatic rings. The summed E-state index contributed by atoms with van der Waals surface area (Å²) in [6.07, 6.45) is 1.79. The second-order valence-electron chi connectivity index (χ2n) is 5.92. The molecule has 1 heterocycles. The van der Waals surface area contributed by atoms with E-state index in [1.165, 1.54) is 11.1 Å². The first-order chi connectivity index (χ1) is 9.50. The van der Waals surface area contributed by atoms with Crippen molar-refractivity contribution in [1.82, 2.24) is 5.32 Å². The Balaban J connectivity index is 2.05. The number of sulfone groups is 1. The molecule has 0 aromatic heterocycles. The lowest BCUT2D eigenvalue weighted by molar-refractivity contribution is 0.346. The van der Waals surface area contributed by atoms with E-state index in [0.717, 1.165) is 25.9 Å². The van der Waals surface area contributed by atoms with Crippen LogP contribution in [0.1, 0.15) is 24.5 Å². The molecule has 2 rings (SSSR count). The fraction of sp³-hybridized carbons (Fsp3) is 0.625. The monoisotopic (exact) mass is 295 g/mol. The third kappa shape index (κ3) is 4.32. The first-order valence-corrected chi connectivity index (χ1v) is 9.29. The van der Waals surface area contributed by atoms with Crippen LogP contribution in [0.3, 0.4) is 0 Å². The zero-order valence-electron chi connectivity index (χ0n) is 12.4. The van der Waals surface area contributed by atoms with Crippen LogP contribution in [-0.2, 0) is 16.3 Å². The van der Waals surface area contributed by atoms with Gasteiger partial charge < -0.3 is 5.32 Å². The molecule has 1 aliphatic heterocycles. The molecule has 1 N–H and O–H groups in total. The zero-order valence-corrected chi connectivity index (χ0v) is 13.2. The van der Waals surface area contributed by atoms with Crippen LogP contribution in [-0.4, -0.2) is 33.0 Å². The molecule has 1 fully saturated rings. The zero-order chi connectivity index (χ0) is 14.6. The molecule has 0 saturated carbocycles. The molecule has 0 spiro atoms. The maximum absolute atomic E-state index is 11.7. The summed E-state index contributed by atoms with van der Waals surface area (Å²) in [5.41, 5.74) is 2.57. The van der Waals surface area contributed by atoms with Gasteiger partial charge in [0.2, 0.25) is 0 Å². The van der Waals surface area contributed by atoms with Gasteiger partial charge in [0, 0.05) is 0 Å². The summed E-state index contributed by atoms with van der Waals surface area (Å²) < 4.78 is 23.4. The fourth-order valence-corrected chi connectivity index (χ4v) is 4.88. The van der Waals surface area contributed by atoms with Gasteiger partial charge in [0.15, 0.2) is 9.84 Å². The van der Waals surface area contributed by atoms with E-state index in [4.69, 9.17) is 0 Å². The number of nitrogens with one attached hydrogen (secondary N) is 1. The number of benzene rings is 1. The molecule has 20 heavy (non-hydrogen) atoms. The maximum atomic E-state index is 11.7. The predicted octanol–water partition coefficient (Wildman–Crippen LogP) is 2.20. The first kappa shape index (κ1) is 15.5. The Bertz CT molecular complexity index is 522. The molecule has 2 unspecified atom stereocenters. The summed E-state index contributed by atoms with van der Waals surface area (Å²) in [7, 11) is -2.79. The Hall–Kier alpha value is -0.870. The summed E-state index contributed by atoms with van der Waals surface area (Å²) in [5.74, 6) is 1.46. The van der Waals surface area contributed by atoms with Crippen LogP contribution in [0.25, 0.3) is 0 Å². The number of rotatable bonds is 6. The molecule has 0 amide bonds. The summed E-state index contributed by atoms with van der Waals surface area (Å²) in [6.45, 7) is 6.02. The average molecular weight is 295 g/mol. The van der Waals surface area contributed by atoms with Crippen molar-refractivity contribution in [2.45, 2.75) is 26.7 Å². The van der Waals surface area contributed by atoms with Crippen molar-refractivity contribution in [3.63, 3.8) is 0 Å². The van der Waals surface area contributed by atoms with Gasteiger partial charge in [0.05, 0.1) is 11.5 Å². The van der Waals surface area contributed by atoms with Crippen LogP contribution < -0.4 is 5.32 Å². The molecule has 1 saturated heterocycles. The lowest BCUT2D eigenvalue weighted by Crippen LogP contribution is -2.30. The SMILES string of the molecule is CCNCC(Cc1ccc(C)cc1)C1CCS(=O)(=O)C1. The van der Waals surface area contributed by atoms with E-state index in [0.29, 0.717) is 23.3 Å². The van der Waals surface area contributed by atoms with E-state index >= 15 is 0 Å². The van der Waals surface area contributed by atoms with Gasteiger partial charge in [-0.3, -0.25) is 0 Å². The molecule has 112 valence electrons. The van der Waals surface area contributed by atoms with Crippen LogP contribution in [0.5, 0.6) is 0 Å². The Morgan fingerprint density at radius 3 is 2.55 bits per heavy atom. The van der Waals surface area contributed by atoms with E-state index in [1.54, 1.807) is 0 Å². The van der Waals surface area contributed by atoms with Gasteiger partial charge in [0.25, 0.3) is 0 Å². The molecule has 1 aliphatic rings. The Morgan fingerprint density at radius 2 is 2.00 bits per heavy atom. The van der Waals surface area contributed by atoms with E-state index in [1.807, 2.05) is 0 Å². The van der Waals surface area contributed by atoms with E-state index in [9.17, 15) is 8.42 Å². The van der Waals surface area contributed by atoms with Crippen molar-refractivity contribution in [1.29, 1.82) is 0 Å². The third-order valence-electron chi connectivity index (χ3n) is 4.21. The highest BCUT2D eigenvalue weighted by Crippen LogP contribution is 2.28. The van der Waals surface area contributed by atoms with Crippen molar-refractivity contribution in [3.05, 3.63) is 35.4 Å². The lowest BCUT2D eigenvalue weighted by Gasteiger charge is -2.23. The average Bonchev–Trinajstić information content (AvgIpc) is 2.77. The smallest absolute Gasteiger partial charge is 0.150 e. The van der Waals surface area contributed by atoms with Gasteiger partial charge in [-0.25, -0.2) is 8.42 Å². The summed E-state index contributed by atoms with van der Waals surface area (Å²) in [5, 5.41) is 3.39. The highest BCUT2D eigenvalue weighted by atomic mass is 32.2. The second kappa shape index (κ2) is 6.72. The largest absolute Gasteiger partial charge is 0.317 e. The lowest BCUT2D eigenvalue weighted by atomic mass is 9.86. The molecule has 3 nitrogen and oxygen atoms in total. The van der Waals surface area contributed by atoms with E-state index in [2.05, 4.69) is 43.4 Å². The summed E-state index contributed by atoms with van der Waals surface area (Å²) >= 11 is 0. The van der Waals surface area contributed by atoms with Gasteiger partial charge >= 0.3 is 0 Å². The quantitative estimate of drug-likeness (QED) is 0.875. The van der Waals surface area contributed by atoms with E-state index in [-0.39, 0.29) is 0 Å². The van der Waals surface area contributed by atoms with Crippen molar-refractivity contribution in [2.24, 2.45) is 11.8 Å². The molecular weight excluding hydrogens is 270 g/mol. The van der Waals surface area contributed by atoms with Crippen LogP contribution in [0.4, 0.5) is 0 Å². The Kier molecular flexibility index (Phi) is 5.22. The van der Waals surface area contributed by atoms with Crippen molar-refractivity contribution >= 4 is 9.84 Å². The van der Waals surface area contributed by atoms with Crippen LogP contribution in [0, 0.1) is 18.8 Å². The number of hydrogen-bond acceptors (Lipinski definition) is 3. The van der Waals surface area contributed by atoms with Gasteiger partial charge in [-0.05, 0) is 50.3 Å². The van der Waals surface area contributed by atoms with Crippen molar-refractivity contribution in [3.8, 4) is 0 Å². The van der Waals surface area contributed by atoms with Gasteiger partial charge in [0.1, 0.15) is 0 Å². The third-order valence-corrected chi connectivity index (χ3v) is 6.00. The molecule has 4 heteroatoms. The Morgan fingerprint density at radius 1 is 1.30 bits per heavy atom.